The number of carbonyl (C=O) groups excluding carboxylic acids is 1. The molecule has 2 aromatic carbocycles. The van der Waals surface area contributed by atoms with Gasteiger partial charge in [0.2, 0.25) is 17.7 Å². The molecule has 4 aromatic rings. The van der Waals surface area contributed by atoms with Crippen LogP contribution in [0.2, 0.25) is 0 Å². The van der Waals surface area contributed by atoms with Crippen molar-refractivity contribution in [3.05, 3.63) is 72.6 Å². The first-order valence-electron chi connectivity index (χ1n) is 11.2. The number of benzene rings is 2. The molecule has 9 nitrogen and oxygen atoms in total. The van der Waals surface area contributed by atoms with Gasteiger partial charge in [-0.3, -0.25) is 4.79 Å². The Morgan fingerprint density at radius 2 is 1.83 bits per heavy atom. The van der Waals surface area contributed by atoms with Gasteiger partial charge in [0.1, 0.15) is 10.4 Å². The SMILES string of the molecule is C=CC(=O)Nc1cccc(Oc2nc(Nc3ccc(N4CCS(=O)(=O)CC4)cc3)nc3ccsc23)c1. The van der Waals surface area contributed by atoms with Crippen LogP contribution in [0.4, 0.5) is 23.0 Å². The number of nitrogens with zero attached hydrogens (tertiary/aromatic N) is 3. The molecular formula is C25H23N5O4S2. The molecule has 1 saturated heterocycles. The minimum absolute atomic E-state index is 0.174. The zero-order valence-corrected chi connectivity index (χ0v) is 20.8. The average Bonchev–Trinajstić information content (AvgIpc) is 3.34. The standard InChI is InChI=1S/C25H23N5O4S2/c1-2-22(31)26-18-4-3-5-20(16-18)34-24-23-21(10-13-35-23)28-25(29-24)27-17-6-8-19(9-7-17)30-11-14-36(32,33)15-12-30/h2-10,13,16H,1,11-12,14-15H2,(H,26,31)(H,27,28,29). The van der Waals surface area contributed by atoms with E-state index in [4.69, 9.17) is 4.74 Å². The van der Waals surface area contributed by atoms with E-state index in [0.717, 1.165) is 21.6 Å². The summed E-state index contributed by atoms with van der Waals surface area (Å²) in [6.45, 7) is 4.45. The maximum atomic E-state index is 11.7. The second-order valence-electron chi connectivity index (χ2n) is 8.12. The highest BCUT2D eigenvalue weighted by Crippen LogP contribution is 2.34. The van der Waals surface area contributed by atoms with Crippen LogP contribution in [0.1, 0.15) is 0 Å². The molecule has 36 heavy (non-hydrogen) atoms. The van der Waals surface area contributed by atoms with Gasteiger partial charge in [0.25, 0.3) is 0 Å². The molecule has 1 fully saturated rings. The molecule has 1 amide bonds. The molecule has 0 spiro atoms. The van der Waals surface area contributed by atoms with Gasteiger partial charge in [0.15, 0.2) is 9.84 Å². The molecule has 1 aliphatic heterocycles. The van der Waals surface area contributed by atoms with Gasteiger partial charge in [-0.1, -0.05) is 12.6 Å². The first-order chi connectivity index (χ1) is 17.4. The number of carbonyl (C=O) groups is 1. The van der Waals surface area contributed by atoms with Crippen molar-refractivity contribution in [2.75, 3.05) is 40.1 Å². The summed E-state index contributed by atoms with van der Waals surface area (Å²) in [5.74, 6) is 1.34. The van der Waals surface area contributed by atoms with Gasteiger partial charge in [0.05, 0.1) is 17.0 Å². The fourth-order valence-electron chi connectivity index (χ4n) is 3.76. The number of hydrogen-bond acceptors (Lipinski definition) is 9. The van der Waals surface area contributed by atoms with Gasteiger partial charge in [-0.15, -0.1) is 11.3 Å². The second-order valence-corrected chi connectivity index (χ2v) is 11.3. The van der Waals surface area contributed by atoms with Crippen LogP contribution in [0.3, 0.4) is 0 Å². The predicted molar refractivity (Wildman–Crippen MR) is 143 cm³/mol. The van der Waals surface area contributed by atoms with E-state index in [1.165, 1.54) is 17.4 Å². The van der Waals surface area contributed by atoms with Gasteiger partial charge < -0.3 is 20.3 Å². The highest BCUT2D eigenvalue weighted by atomic mass is 32.2. The molecule has 0 bridgehead atoms. The third kappa shape index (κ3) is 5.47. The van der Waals surface area contributed by atoms with Crippen molar-refractivity contribution in [2.45, 2.75) is 0 Å². The van der Waals surface area contributed by atoms with Crippen LogP contribution in [-0.2, 0) is 14.6 Å². The monoisotopic (exact) mass is 521 g/mol. The maximum Gasteiger partial charge on any atom is 0.247 e. The molecule has 0 unspecified atom stereocenters. The van der Waals surface area contributed by atoms with E-state index in [1.807, 2.05) is 35.7 Å². The molecule has 11 heteroatoms. The van der Waals surface area contributed by atoms with Crippen LogP contribution in [0.15, 0.2) is 72.6 Å². The van der Waals surface area contributed by atoms with Crippen molar-refractivity contribution in [1.82, 2.24) is 9.97 Å². The van der Waals surface area contributed by atoms with Gasteiger partial charge in [-0.25, -0.2) is 13.4 Å². The number of nitrogens with one attached hydrogen (secondary N) is 2. The number of sulfone groups is 1. The number of fused-ring (bicyclic) bond motifs is 1. The number of thiophene rings is 1. The Morgan fingerprint density at radius 3 is 2.58 bits per heavy atom. The van der Waals surface area contributed by atoms with E-state index < -0.39 is 9.84 Å². The van der Waals surface area contributed by atoms with Gasteiger partial charge in [0, 0.05) is 36.2 Å². The summed E-state index contributed by atoms with van der Waals surface area (Å²) in [7, 11) is -2.93. The summed E-state index contributed by atoms with van der Waals surface area (Å²) in [5.41, 5.74) is 3.09. The molecule has 184 valence electrons. The number of rotatable bonds is 7. The quantitative estimate of drug-likeness (QED) is 0.340. The highest BCUT2D eigenvalue weighted by Gasteiger charge is 2.21. The summed E-state index contributed by atoms with van der Waals surface area (Å²) in [6.07, 6.45) is 1.20. The number of ether oxygens (including phenoxy) is 1. The smallest absolute Gasteiger partial charge is 0.247 e. The van der Waals surface area contributed by atoms with Crippen molar-refractivity contribution in [1.29, 1.82) is 0 Å². The van der Waals surface area contributed by atoms with Crippen molar-refractivity contribution in [3.63, 3.8) is 0 Å². The molecule has 0 radical (unpaired) electrons. The number of amides is 1. The minimum Gasteiger partial charge on any atom is -0.437 e. The Morgan fingerprint density at radius 1 is 1.06 bits per heavy atom. The molecule has 0 saturated carbocycles. The highest BCUT2D eigenvalue weighted by molar-refractivity contribution is 7.91. The number of anilines is 4. The molecule has 2 aromatic heterocycles. The maximum absolute atomic E-state index is 11.7. The number of aromatic nitrogens is 2. The van der Waals surface area contributed by atoms with Crippen molar-refractivity contribution >= 4 is 60.3 Å². The lowest BCUT2D eigenvalue weighted by molar-refractivity contribution is -0.111. The lowest BCUT2D eigenvalue weighted by Gasteiger charge is -2.28. The lowest BCUT2D eigenvalue weighted by Crippen LogP contribution is -2.40. The van der Waals surface area contributed by atoms with Crippen molar-refractivity contribution in [3.8, 4) is 11.6 Å². The fourth-order valence-corrected chi connectivity index (χ4v) is 5.72. The second kappa shape index (κ2) is 9.96. The van der Waals surface area contributed by atoms with E-state index in [1.54, 1.807) is 24.3 Å². The zero-order valence-electron chi connectivity index (χ0n) is 19.2. The van der Waals surface area contributed by atoms with E-state index in [-0.39, 0.29) is 17.4 Å². The van der Waals surface area contributed by atoms with E-state index in [2.05, 4.69) is 32.1 Å². The molecular weight excluding hydrogens is 498 g/mol. The van der Waals surface area contributed by atoms with Crippen molar-refractivity contribution < 1.29 is 17.9 Å². The summed E-state index contributed by atoms with van der Waals surface area (Å²) in [5, 5.41) is 7.85. The Bertz CT molecular complexity index is 1520. The molecule has 1 aliphatic rings. The number of hydrogen-bond donors (Lipinski definition) is 2. The first kappa shape index (κ1) is 23.8. The van der Waals surface area contributed by atoms with E-state index in [0.29, 0.717) is 36.4 Å². The molecule has 3 heterocycles. The zero-order chi connectivity index (χ0) is 25.1. The van der Waals surface area contributed by atoms with Crippen LogP contribution < -0.4 is 20.3 Å². The first-order valence-corrected chi connectivity index (χ1v) is 13.9. The molecule has 2 N–H and O–H groups in total. The van der Waals surface area contributed by atoms with E-state index >= 15 is 0 Å². The lowest BCUT2D eigenvalue weighted by atomic mass is 10.2. The van der Waals surface area contributed by atoms with Gasteiger partial charge in [-0.05, 0) is 53.9 Å². The minimum atomic E-state index is -2.93. The Kier molecular flexibility index (Phi) is 6.57. The van der Waals surface area contributed by atoms with Crippen LogP contribution in [0.25, 0.3) is 10.2 Å². The van der Waals surface area contributed by atoms with Crippen LogP contribution in [-0.4, -0.2) is 48.9 Å². The summed E-state index contributed by atoms with van der Waals surface area (Å²) >= 11 is 1.48. The molecule has 0 aliphatic carbocycles. The third-order valence-corrected chi connectivity index (χ3v) is 8.11. The fraction of sp³-hybridized carbons (Fsp3) is 0.160. The Balaban J connectivity index is 1.34. The Hall–Kier alpha value is -3.96. The van der Waals surface area contributed by atoms with Crippen LogP contribution in [0, 0.1) is 0 Å². The van der Waals surface area contributed by atoms with Crippen LogP contribution in [0.5, 0.6) is 11.6 Å². The van der Waals surface area contributed by atoms with Crippen molar-refractivity contribution in [2.24, 2.45) is 0 Å². The predicted octanol–water partition coefficient (Wildman–Crippen LogP) is 4.59. The topological polar surface area (TPSA) is 114 Å². The Labute approximate surface area is 212 Å². The largest absolute Gasteiger partial charge is 0.437 e. The van der Waals surface area contributed by atoms with Gasteiger partial charge >= 0.3 is 0 Å². The summed E-state index contributed by atoms with van der Waals surface area (Å²) < 4.78 is 30.3. The average molecular weight is 522 g/mol. The van der Waals surface area contributed by atoms with E-state index in [9.17, 15) is 13.2 Å². The molecule has 5 rings (SSSR count). The normalized spacial score (nSPS) is 14.8. The molecule has 0 atom stereocenters. The van der Waals surface area contributed by atoms with Gasteiger partial charge in [-0.2, -0.15) is 4.98 Å². The summed E-state index contributed by atoms with van der Waals surface area (Å²) in [6, 6.07) is 16.6. The summed E-state index contributed by atoms with van der Waals surface area (Å²) in [4.78, 5) is 22.9. The third-order valence-electron chi connectivity index (χ3n) is 5.61. The van der Waals surface area contributed by atoms with Crippen LogP contribution >= 0.6 is 11.3 Å².